The predicted molar refractivity (Wildman–Crippen MR) is 126 cm³/mol. The van der Waals surface area contributed by atoms with Crippen molar-refractivity contribution in [2.75, 3.05) is 13.1 Å². The van der Waals surface area contributed by atoms with Crippen LogP contribution in [0, 0.1) is 5.92 Å². The highest BCUT2D eigenvalue weighted by Gasteiger charge is 2.35. The summed E-state index contributed by atoms with van der Waals surface area (Å²) in [5.41, 5.74) is 3.40. The molecule has 0 amide bonds. The normalized spacial score (nSPS) is 18.1. The van der Waals surface area contributed by atoms with Crippen molar-refractivity contribution < 1.29 is 9.90 Å². The third-order valence-corrected chi connectivity index (χ3v) is 5.38. The van der Waals surface area contributed by atoms with Gasteiger partial charge in [0.15, 0.2) is 5.78 Å². The Labute approximate surface area is 181 Å². The van der Waals surface area contributed by atoms with E-state index in [2.05, 4.69) is 36.3 Å². The lowest BCUT2D eigenvalue weighted by atomic mass is 9.75. The molecular formula is C27H33NO2. The van der Waals surface area contributed by atoms with Gasteiger partial charge in [-0.3, -0.25) is 9.69 Å². The van der Waals surface area contributed by atoms with E-state index in [0.717, 1.165) is 30.6 Å². The van der Waals surface area contributed by atoms with Gasteiger partial charge in [-0.1, -0.05) is 67.3 Å². The number of carbonyl (C=O) groups excluding carboxylic acids is 1. The van der Waals surface area contributed by atoms with E-state index >= 15 is 0 Å². The fourth-order valence-electron chi connectivity index (χ4n) is 3.99. The average Bonchev–Trinajstić information content (AvgIpc) is 2.75. The van der Waals surface area contributed by atoms with Crippen molar-refractivity contribution in [2.45, 2.75) is 32.7 Å². The first kappa shape index (κ1) is 23.4. The molecule has 158 valence electrons. The molecule has 3 nitrogen and oxygen atoms in total. The SMILES string of the molecule is C=C/C(=C\C)C(c1ccccc1)C1CCN(Cc2ccc(O)cc2)CC1=O.C=CC. The lowest BCUT2D eigenvalue weighted by Crippen LogP contribution is -2.42. The van der Waals surface area contributed by atoms with Crippen LogP contribution in [0.5, 0.6) is 5.75 Å². The molecule has 2 aromatic carbocycles. The summed E-state index contributed by atoms with van der Waals surface area (Å²) in [5, 5.41) is 9.43. The molecule has 0 aliphatic carbocycles. The molecule has 0 bridgehead atoms. The summed E-state index contributed by atoms with van der Waals surface area (Å²) in [7, 11) is 0. The Kier molecular flexibility index (Phi) is 9.30. The van der Waals surface area contributed by atoms with Gasteiger partial charge in [-0.05, 0) is 55.6 Å². The molecule has 1 N–H and O–H groups in total. The van der Waals surface area contributed by atoms with Gasteiger partial charge >= 0.3 is 0 Å². The number of phenols is 1. The van der Waals surface area contributed by atoms with E-state index < -0.39 is 0 Å². The number of piperidine rings is 1. The molecule has 2 atom stereocenters. The van der Waals surface area contributed by atoms with Crippen molar-refractivity contribution in [1.29, 1.82) is 0 Å². The molecule has 3 heteroatoms. The zero-order valence-electron chi connectivity index (χ0n) is 18.1. The number of hydrogen-bond acceptors (Lipinski definition) is 3. The van der Waals surface area contributed by atoms with Crippen molar-refractivity contribution in [1.82, 2.24) is 4.90 Å². The molecule has 0 aromatic heterocycles. The van der Waals surface area contributed by atoms with Crippen molar-refractivity contribution in [3.05, 3.63) is 103 Å². The first-order valence-electron chi connectivity index (χ1n) is 10.5. The zero-order valence-corrected chi connectivity index (χ0v) is 18.1. The molecule has 2 unspecified atom stereocenters. The van der Waals surface area contributed by atoms with E-state index in [9.17, 15) is 9.90 Å². The number of Topliss-reactive ketones (excluding diaryl/α,β-unsaturated/α-hetero) is 1. The molecule has 30 heavy (non-hydrogen) atoms. The Morgan fingerprint density at radius 2 is 1.77 bits per heavy atom. The number of nitrogens with zero attached hydrogens (tertiary/aromatic N) is 1. The minimum Gasteiger partial charge on any atom is -0.508 e. The molecule has 1 fully saturated rings. The summed E-state index contributed by atoms with van der Waals surface area (Å²) >= 11 is 0. The number of ketones is 1. The topological polar surface area (TPSA) is 40.5 Å². The molecule has 0 spiro atoms. The van der Waals surface area contributed by atoms with E-state index in [-0.39, 0.29) is 23.4 Å². The Morgan fingerprint density at radius 3 is 2.30 bits per heavy atom. The van der Waals surface area contributed by atoms with Crippen molar-refractivity contribution in [3.63, 3.8) is 0 Å². The first-order chi connectivity index (χ1) is 14.5. The number of benzene rings is 2. The highest BCUT2D eigenvalue weighted by molar-refractivity contribution is 5.85. The number of carbonyl (C=O) groups is 1. The maximum absolute atomic E-state index is 13.1. The number of hydrogen-bond donors (Lipinski definition) is 1. The largest absolute Gasteiger partial charge is 0.508 e. The molecule has 0 saturated carbocycles. The molecule has 1 aliphatic heterocycles. The number of likely N-dealkylation sites (tertiary alicyclic amines) is 1. The van der Waals surface area contributed by atoms with E-state index in [0.29, 0.717) is 6.54 Å². The van der Waals surface area contributed by atoms with Crippen LogP contribution < -0.4 is 0 Å². The second kappa shape index (κ2) is 11.9. The molecule has 1 heterocycles. The van der Waals surface area contributed by atoms with E-state index in [1.807, 2.05) is 50.3 Å². The molecule has 1 saturated heterocycles. The van der Waals surface area contributed by atoms with Gasteiger partial charge in [0.05, 0.1) is 6.54 Å². The second-order valence-corrected chi connectivity index (χ2v) is 7.53. The van der Waals surface area contributed by atoms with Crippen molar-refractivity contribution >= 4 is 5.78 Å². The van der Waals surface area contributed by atoms with Crippen molar-refractivity contribution in [2.24, 2.45) is 5.92 Å². The van der Waals surface area contributed by atoms with Gasteiger partial charge in [0.2, 0.25) is 0 Å². The number of phenolic OH excluding ortho intramolecular Hbond substituents is 1. The fourth-order valence-corrected chi connectivity index (χ4v) is 3.99. The van der Waals surface area contributed by atoms with Gasteiger partial charge in [0, 0.05) is 18.4 Å². The monoisotopic (exact) mass is 403 g/mol. The highest BCUT2D eigenvalue weighted by atomic mass is 16.3. The van der Waals surface area contributed by atoms with Gasteiger partial charge in [0.25, 0.3) is 0 Å². The van der Waals surface area contributed by atoms with Crippen LogP contribution in [0.3, 0.4) is 0 Å². The minimum absolute atomic E-state index is 0.0207. The summed E-state index contributed by atoms with van der Waals surface area (Å²) in [6.07, 6.45) is 6.54. The quantitative estimate of drug-likeness (QED) is 0.483. The summed E-state index contributed by atoms with van der Waals surface area (Å²) in [6, 6.07) is 17.5. The smallest absolute Gasteiger partial charge is 0.150 e. The van der Waals surface area contributed by atoms with Crippen LogP contribution in [0.1, 0.15) is 37.3 Å². The number of allylic oxidation sites excluding steroid dienone is 4. The van der Waals surface area contributed by atoms with Crippen molar-refractivity contribution in [3.8, 4) is 5.75 Å². The predicted octanol–water partition coefficient (Wildman–Crippen LogP) is 5.89. The second-order valence-electron chi connectivity index (χ2n) is 7.53. The van der Waals surface area contributed by atoms with Gasteiger partial charge in [-0.2, -0.15) is 0 Å². The van der Waals surface area contributed by atoms with Gasteiger partial charge < -0.3 is 5.11 Å². The van der Waals surface area contributed by atoms with Crippen LogP contribution in [0.25, 0.3) is 0 Å². The number of rotatable bonds is 6. The first-order valence-corrected chi connectivity index (χ1v) is 10.5. The lowest BCUT2D eigenvalue weighted by Gasteiger charge is -2.36. The summed E-state index contributed by atoms with van der Waals surface area (Å²) in [4.78, 5) is 15.2. The summed E-state index contributed by atoms with van der Waals surface area (Å²) < 4.78 is 0. The van der Waals surface area contributed by atoms with Crippen LogP contribution in [0.4, 0.5) is 0 Å². The van der Waals surface area contributed by atoms with Gasteiger partial charge in [-0.25, -0.2) is 0 Å². The van der Waals surface area contributed by atoms with Crippen LogP contribution in [0.15, 0.2) is 91.6 Å². The van der Waals surface area contributed by atoms with Crippen LogP contribution >= 0.6 is 0 Å². The Morgan fingerprint density at radius 1 is 1.13 bits per heavy atom. The zero-order chi connectivity index (χ0) is 21.9. The van der Waals surface area contributed by atoms with Gasteiger partial charge in [0.1, 0.15) is 5.75 Å². The maximum Gasteiger partial charge on any atom is 0.150 e. The molecule has 0 radical (unpaired) electrons. The van der Waals surface area contributed by atoms with Gasteiger partial charge in [-0.15, -0.1) is 6.58 Å². The van der Waals surface area contributed by atoms with Crippen LogP contribution in [-0.2, 0) is 11.3 Å². The Bertz CT molecular complexity index is 852. The van der Waals surface area contributed by atoms with E-state index in [1.165, 1.54) is 5.56 Å². The standard InChI is InChI=1S/C24H27NO2.C3H6/c1-3-19(4-2)24(20-8-6-5-7-9-20)22-14-15-25(17-23(22)27)16-18-10-12-21(26)13-11-18;1-3-2/h3-13,22,24,26H,1,14-17H2,2H3;3H,1H2,2H3/b19-4+;. The third kappa shape index (κ3) is 6.30. The number of aromatic hydroxyl groups is 1. The van der Waals surface area contributed by atoms with Crippen LogP contribution in [-0.4, -0.2) is 28.9 Å². The summed E-state index contributed by atoms with van der Waals surface area (Å²) in [5.74, 6) is 0.599. The van der Waals surface area contributed by atoms with E-state index in [1.54, 1.807) is 18.2 Å². The minimum atomic E-state index is -0.0207. The lowest BCUT2D eigenvalue weighted by molar-refractivity contribution is -0.127. The third-order valence-electron chi connectivity index (χ3n) is 5.38. The Hall–Kier alpha value is -2.91. The fraction of sp³-hybridized carbons (Fsp3) is 0.296. The molecule has 3 rings (SSSR count). The molecule has 1 aliphatic rings. The highest BCUT2D eigenvalue weighted by Crippen LogP contribution is 2.37. The van der Waals surface area contributed by atoms with Crippen LogP contribution in [0.2, 0.25) is 0 Å². The summed E-state index contributed by atoms with van der Waals surface area (Å²) in [6.45, 7) is 13.3. The maximum atomic E-state index is 13.1. The molecule has 2 aromatic rings. The average molecular weight is 404 g/mol. The van der Waals surface area contributed by atoms with E-state index in [4.69, 9.17) is 0 Å². The Balaban J connectivity index is 0.00000101. The molecular weight excluding hydrogens is 370 g/mol.